The van der Waals surface area contributed by atoms with Crippen molar-refractivity contribution in [2.75, 3.05) is 4.90 Å². The number of hydrogen-bond donors (Lipinski definition) is 0. The van der Waals surface area contributed by atoms with Gasteiger partial charge in [0, 0.05) is 11.8 Å². The summed E-state index contributed by atoms with van der Waals surface area (Å²) in [5, 5.41) is 0. The fraction of sp³-hybridized carbons (Fsp3) is 0.333. The third-order valence-corrected chi connectivity index (χ3v) is 5.08. The molecule has 2 bridgehead atoms. The second-order valence-electron chi connectivity index (χ2n) is 6.43. The van der Waals surface area contributed by atoms with Gasteiger partial charge < -0.3 is 0 Å². The van der Waals surface area contributed by atoms with Gasteiger partial charge in [-0.2, -0.15) is 0 Å². The molecule has 0 spiro atoms. The lowest BCUT2D eigenvalue weighted by atomic mass is 9.85. The maximum Gasteiger partial charge on any atom is 0.238 e. The van der Waals surface area contributed by atoms with Gasteiger partial charge in [-0.15, -0.1) is 0 Å². The molecule has 1 saturated heterocycles. The molecule has 4 atom stereocenters. The van der Waals surface area contributed by atoms with Gasteiger partial charge in [0.15, 0.2) is 0 Å². The van der Waals surface area contributed by atoms with E-state index in [1.807, 2.05) is 13.8 Å². The number of carbonyl (C=O) groups is 2. The van der Waals surface area contributed by atoms with Crippen molar-refractivity contribution in [2.45, 2.75) is 13.8 Å². The maximum absolute atomic E-state index is 13.1. The fourth-order valence-electron chi connectivity index (χ4n) is 4.27. The van der Waals surface area contributed by atoms with Crippen molar-refractivity contribution in [1.82, 2.24) is 0 Å². The second-order valence-corrected chi connectivity index (χ2v) is 6.43. The number of imide groups is 1. The highest BCUT2D eigenvalue weighted by molar-refractivity contribution is 6.23. The molecule has 2 fully saturated rings. The summed E-state index contributed by atoms with van der Waals surface area (Å²) in [6.45, 7) is 4.08. The molecule has 2 amide bonds. The van der Waals surface area contributed by atoms with Crippen molar-refractivity contribution in [3.05, 3.63) is 53.4 Å². The van der Waals surface area contributed by atoms with Crippen molar-refractivity contribution >= 4 is 17.5 Å². The Bertz CT molecular complexity index is 709. The zero-order valence-electron chi connectivity index (χ0n) is 12.4. The molecular formula is C18H16FNO2. The standard InChI is InChI=1S/C18H16FNO2/c1-9(2)14-12-7-8-13(14)16-15(12)17(21)20(18(16)22)11-5-3-10(19)4-6-11/h3-8,12-13,15-16H,1-2H3/t12-,13-,15+,16+/m0/s1. The van der Waals surface area contributed by atoms with Crippen molar-refractivity contribution < 1.29 is 14.0 Å². The number of nitrogens with zero attached hydrogens (tertiary/aromatic N) is 1. The molecule has 1 aliphatic heterocycles. The quantitative estimate of drug-likeness (QED) is 0.590. The average molecular weight is 297 g/mol. The van der Waals surface area contributed by atoms with Crippen molar-refractivity contribution in [1.29, 1.82) is 0 Å². The van der Waals surface area contributed by atoms with Gasteiger partial charge in [0.25, 0.3) is 0 Å². The molecule has 1 aromatic rings. The van der Waals surface area contributed by atoms with Gasteiger partial charge in [0.05, 0.1) is 17.5 Å². The van der Waals surface area contributed by atoms with E-state index in [4.69, 9.17) is 0 Å². The topological polar surface area (TPSA) is 37.4 Å². The van der Waals surface area contributed by atoms with E-state index in [1.54, 1.807) is 0 Å². The van der Waals surface area contributed by atoms with Crippen LogP contribution in [0.2, 0.25) is 0 Å². The van der Waals surface area contributed by atoms with E-state index in [1.165, 1.54) is 40.3 Å². The van der Waals surface area contributed by atoms with Crippen LogP contribution in [0.1, 0.15) is 13.8 Å². The van der Waals surface area contributed by atoms with Crippen molar-refractivity contribution in [3.63, 3.8) is 0 Å². The first kappa shape index (κ1) is 13.4. The van der Waals surface area contributed by atoms with Gasteiger partial charge >= 0.3 is 0 Å². The van der Waals surface area contributed by atoms with E-state index in [2.05, 4.69) is 12.2 Å². The summed E-state index contributed by atoms with van der Waals surface area (Å²) < 4.78 is 13.1. The van der Waals surface area contributed by atoms with Crippen LogP contribution in [0, 0.1) is 29.5 Å². The maximum atomic E-state index is 13.1. The minimum Gasteiger partial charge on any atom is -0.274 e. The highest BCUT2D eigenvalue weighted by Crippen LogP contribution is 2.57. The third kappa shape index (κ3) is 1.55. The monoisotopic (exact) mass is 297 g/mol. The van der Waals surface area contributed by atoms with Crippen molar-refractivity contribution in [3.8, 4) is 0 Å². The van der Waals surface area contributed by atoms with Gasteiger partial charge in [-0.05, 0) is 38.1 Å². The van der Waals surface area contributed by atoms with E-state index in [9.17, 15) is 14.0 Å². The van der Waals surface area contributed by atoms with Crippen LogP contribution in [0.4, 0.5) is 10.1 Å². The minimum atomic E-state index is -0.378. The Kier molecular flexibility index (Phi) is 2.68. The first-order valence-electron chi connectivity index (χ1n) is 7.49. The van der Waals surface area contributed by atoms with Crippen LogP contribution in [0.15, 0.2) is 47.6 Å². The Morgan fingerprint density at radius 3 is 1.91 bits per heavy atom. The zero-order chi connectivity index (χ0) is 15.6. The van der Waals surface area contributed by atoms with E-state index in [-0.39, 0.29) is 41.3 Å². The van der Waals surface area contributed by atoms with Crippen LogP contribution < -0.4 is 4.90 Å². The van der Waals surface area contributed by atoms with Gasteiger partial charge in [0.2, 0.25) is 11.8 Å². The zero-order valence-corrected chi connectivity index (χ0v) is 12.4. The number of benzene rings is 1. The molecular weight excluding hydrogens is 281 g/mol. The highest BCUT2D eigenvalue weighted by atomic mass is 19.1. The number of amides is 2. The molecule has 0 unspecified atom stereocenters. The number of halogens is 1. The van der Waals surface area contributed by atoms with E-state index in [0.717, 1.165) is 0 Å². The molecule has 1 heterocycles. The summed E-state index contributed by atoms with van der Waals surface area (Å²) in [4.78, 5) is 26.8. The van der Waals surface area contributed by atoms with Crippen LogP contribution in [-0.2, 0) is 9.59 Å². The van der Waals surface area contributed by atoms with Crippen LogP contribution in [0.5, 0.6) is 0 Å². The Hall–Kier alpha value is -2.23. The summed E-state index contributed by atoms with van der Waals surface area (Å²) >= 11 is 0. The van der Waals surface area contributed by atoms with Gasteiger partial charge in [-0.25, -0.2) is 9.29 Å². The number of carbonyl (C=O) groups excluding carboxylic acids is 2. The predicted octanol–water partition coefficient (Wildman–Crippen LogP) is 3.08. The lowest BCUT2D eigenvalue weighted by molar-refractivity contribution is -0.122. The molecule has 1 saturated carbocycles. The predicted molar refractivity (Wildman–Crippen MR) is 80.4 cm³/mol. The van der Waals surface area contributed by atoms with Crippen LogP contribution in [0.25, 0.3) is 0 Å². The molecule has 2 aliphatic carbocycles. The third-order valence-electron chi connectivity index (χ3n) is 5.08. The highest BCUT2D eigenvalue weighted by Gasteiger charge is 2.61. The minimum absolute atomic E-state index is 0.0434. The first-order valence-corrected chi connectivity index (χ1v) is 7.49. The number of rotatable bonds is 1. The Morgan fingerprint density at radius 1 is 0.955 bits per heavy atom. The van der Waals surface area contributed by atoms with Crippen LogP contribution >= 0.6 is 0 Å². The van der Waals surface area contributed by atoms with E-state index < -0.39 is 0 Å². The Balaban J connectivity index is 1.76. The molecule has 3 nitrogen and oxygen atoms in total. The van der Waals surface area contributed by atoms with E-state index >= 15 is 0 Å². The lowest BCUT2D eigenvalue weighted by Crippen LogP contribution is -2.33. The number of anilines is 1. The molecule has 1 aromatic carbocycles. The summed E-state index contributed by atoms with van der Waals surface area (Å²) in [7, 11) is 0. The normalized spacial score (nSPS) is 32.1. The molecule has 0 aromatic heterocycles. The summed E-state index contributed by atoms with van der Waals surface area (Å²) in [6, 6.07) is 5.53. The Labute approximate surface area is 128 Å². The molecule has 3 aliphatic rings. The summed E-state index contributed by atoms with van der Waals surface area (Å²) in [6.07, 6.45) is 4.13. The number of fused-ring (bicyclic) bond motifs is 5. The first-order chi connectivity index (χ1) is 10.5. The summed E-state index contributed by atoms with van der Waals surface area (Å²) in [5.74, 6) is -1.19. The SMILES string of the molecule is CC(C)=C1[C@@H]2C=C[C@@H]1[C@H]1C(=O)N(c3ccc(F)cc3)C(=O)[C@@H]12. The van der Waals surface area contributed by atoms with Crippen molar-refractivity contribution in [2.24, 2.45) is 23.7 Å². The Morgan fingerprint density at radius 2 is 1.45 bits per heavy atom. The van der Waals surface area contributed by atoms with Gasteiger partial charge in [0.1, 0.15) is 5.82 Å². The largest absolute Gasteiger partial charge is 0.274 e. The molecule has 112 valence electrons. The lowest BCUT2D eigenvalue weighted by Gasteiger charge is -2.19. The molecule has 4 rings (SSSR count). The smallest absolute Gasteiger partial charge is 0.238 e. The fourth-order valence-corrected chi connectivity index (χ4v) is 4.27. The van der Waals surface area contributed by atoms with Gasteiger partial charge in [-0.1, -0.05) is 23.3 Å². The van der Waals surface area contributed by atoms with Crippen LogP contribution in [-0.4, -0.2) is 11.8 Å². The second kappa shape index (κ2) is 4.38. The molecule has 22 heavy (non-hydrogen) atoms. The number of hydrogen-bond acceptors (Lipinski definition) is 2. The van der Waals surface area contributed by atoms with Gasteiger partial charge in [-0.3, -0.25) is 9.59 Å². The molecule has 4 heteroatoms. The number of allylic oxidation sites excluding steroid dienone is 4. The van der Waals surface area contributed by atoms with E-state index in [0.29, 0.717) is 5.69 Å². The van der Waals surface area contributed by atoms with Crippen LogP contribution in [0.3, 0.4) is 0 Å². The average Bonchev–Trinajstić information content (AvgIpc) is 3.11. The summed E-state index contributed by atoms with van der Waals surface area (Å²) in [5.41, 5.74) is 2.89. The molecule has 0 N–H and O–H groups in total. The molecule has 0 radical (unpaired) electrons.